The molecule has 0 saturated carbocycles. The second-order valence-corrected chi connectivity index (χ2v) is 7.17. The van der Waals surface area contributed by atoms with Crippen LogP contribution in [0.5, 0.6) is 0 Å². The predicted octanol–water partition coefficient (Wildman–Crippen LogP) is 2.42. The van der Waals surface area contributed by atoms with Crippen molar-refractivity contribution >= 4 is 17.0 Å². The van der Waals surface area contributed by atoms with Crippen LogP contribution in [0.4, 0.5) is 13.2 Å². The Hall–Kier alpha value is -2.95. The first-order chi connectivity index (χ1) is 14.7. The van der Waals surface area contributed by atoms with E-state index >= 15 is 0 Å². The van der Waals surface area contributed by atoms with Gasteiger partial charge in [-0.2, -0.15) is 13.2 Å². The van der Waals surface area contributed by atoms with E-state index in [1.807, 2.05) is 24.5 Å². The fourth-order valence-corrected chi connectivity index (χ4v) is 3.29. The number of aromatic nitrogens is 2. The maximum atomic E-state index is 10.6. The van der Waals surface area contributed by atoms with Gasteiger partial charge in [-0.15, -0.1) is 0 Å². The topological polar surface area (TPSA) is 90.6 Å². The number of fused-ring (bicyclic) bond motifs is 1. The number of nitrogens with one attached hydrogen (secondary N) is 1. The third-order valence-corrected chi connectivity index (χ3v) is 4.77. The Morgan fingerprint density at radius 2 is 1.84 bits per heavy atom. The highest BCUT2D eigenvalue weighted by molar-refractivity contribution is 5.77. The van der Waals surface area contributed by atoms with Gasteiger partial charge in [-0.05, 0) is 29.8 Å². The fraction of sp³-hybridized carbons (Fsp3) is 0.333. The van der Waals surface area contributed by atoms with Crippen molar-refractivity contribution in [1.82, 2.24) is 19.8 Å². The van der Waals surface area contributed by atoms with Crippen LogP contribution in [0.25, 0.3) is 16.7 Å². The second kappa shape index (κ2) is 9.90. The molecule has 0 amide bonds. The Balaban J connectivity index is 0.000000339. The van der Waals surface area contributed by atoms with Crippen LogP contribution in [0.1, 0.15) is 5.56 Å². The summed E-state index contributed by atoms with van der Waals surface area (Å²) in [4.78, 5) is 15.6. The van der Waals surface area contributed by atoms with Crippen molar-refractivity contribution in [3.05, 3.63) is 60.4 Å². The number of carbonyl (C=O) groups is 1. The van der Waals surface area contributed by atoms with Gasteiger partial charge in [0.2, 0.25) is 0 Å². The average molecular weight is 436 g/mol. The van der Waals surface area contributed by atoms with Gasteiger partial charge in [-0.3, -0.25) is 9.47 Å². The van der Waals surface area contributed by atoms with Crippen LogP contribution in [-0.4, -0.2) is 69.1 Å². The number of aliphatic hydroxyl groups is 1. The molecule has 1 fully saturated rings. The Morgan fingerprint density at radius 3 is 2.52 bits per heavy atom. The molecular weight excluding hydrogens is 413 g/mol. The lowest BCUT2D eigenvalue weighted by molar-refractivity contribution is -0.192. The zero-order valence-electron chi connectivity index (χ0n) is 16.6. The largest absolute Gasteiger partial charge is 0.490 e. The molecular formula is C21H23F3N4O3. The van der Waals surface area contributed by atoms with E-state index in [4.69, 9.17) is 9.90 Å². The maximum Gasteiger partial charge on any atom is 0.490 e. The van der Waals surface area contributed by atoms with Crippen LogP contribution in [-0.2, 0) is 11.3 Å². The summed E-state index contributed by atoms with van der Waals surface area (Å²) >= 11 is 0. The van der Waals surface area contributed by atoms with Crippen LogP contribution in [0, 0.1) is 0 Å². The molecule has 2 heterocycles. The number of aliphatic hydroxyl groups excluding tert-OH is 1. The normalized spacial score (nSPS) is 17.6. The number of carboxylic acids is 1. The Bertz CT molecular complexity index is 1010. The number of alkyl halides is 3. The summed E-state index contributed by atoms with van der Waals surface area (Å²) in [6, 6.07) is 16.7. The summed E-state index contributed by atoms with van der Waals surface area (Å²) in [6.07, 6.45) is -3.50. The molecule has 10 heteroatoms. The van der Waals surface area contributed by atoms with Gasteiger partial charge >= 0.3 is 12.1 Å². The molecule has 2 aromatic carbocycles. The number of rotatable bonds is 3. The molecule has 1 aliphatic heterocycles. The van der Waals surface area contributed by atoms with Crippen LogP contribution in [0.3, 0.4) is 0 Å². The van der Waals surface area contributed by atoms with E-state index in [1.54, 1.807) is 0 Å². The molecule has 1 saturated heterocycles. The van der Waals surface area contributed by atoms with Crippen molar-refractivity contribution in [3.63, 3.8) is 0 Å². The number of para-hydroxylation sites is 2. The van der Waals surface area contributed by atoms with Crippen molar-refractivity contribution in [2.24, 2.45) is 0 Å². The van der Waals surface area contributed by atoms with Crippen molar-refractivity contribution in [1.29, 1.82) is 0 Å². The van der Waals surface area contributed by atoms with Gasteiger partial charge in [0.05, 0.1) is 17.1 Å². The lowest BCUT2D eigenvalue weighted by Crippen LogP contribution is -2.32. The smallest absolute Gasteiger partial charge is 0.475 e. The van der Waals surface area contributed by atoms with Gasteiger partial charge in [0.15, 0.2) is 0 Å². The second-order valence-electron chi connectivity index (χ2n) is 7.17. The molecule has 4 rings (SSSR count). The summed E-state index contributed by atoms with van der Waals surface area (Å²) in [7, 11) is 0. The molecule has 3 N–H and O–H groups in total. The maximum absolute atomic E-state index is 10.6. The number of imidazole rings is 1. The van der Waals surface area contributed by atoms with E-state index in [0.717, 1.165) is 42.9 Å². The number of hydrogen-bond acceptors (Lipinski definition) is 5. The number of nitrogens with zero attached hydrogens (tertiary/aromatic N) is 3. The number of halogens is 3. The summed E-state index contributed by atoms with van der Waals surface area (Å²) in [5.41, 5.74) is 4.50. The molecule has 1 atom stereocenters. The Kier molecular flexibility index (Phi) is 7.26. The third-order valence-electron chi connectivity index (χ3n) is 4.77. The van der Waals surface area contributed by atoms with Crippen LogP contribution < -0.4 is 5.32 Å². The SMILES string of the molecule is O=C(O)C(F)(F)F.OC1CNCCN(Cc2ccc(-n3cnc4ccccc43)cc2)C1. The highest BCUT2D eigenvalue weighted by Gasteiger charge is 2.38. The average Bonchev–Trinajstić information content (AvgIpc) is 3.05. The predicted molar refractivity (Wildman–Crippen MR) is 109 cm³/mol. The molecule has 0 bridgehead atoms. The molecule has 1 aromatic heterocycles. The van der Waals surface area contributed by atoms with Gasteiger partial charge in [-0.1, -0.05) is 24.3 Å². The summed E-state index contributed by atoms with van der Waals surface area (Å²) in [5, 5.41) is 20.3. The number of aliphatic carboxylic acids is 1. The Morgan fingerprint density at radius 1 is 1.16 bits per heavy atom. The zero-order valence-corrected chi connectivity index (χ0v) is 16.6. The molecule has 1 unspecified atom stereocenters. The van der Waals surface area contributed by atoms with E-state index in [0.29, 0.717) is 6.54 Å². The first-order valence-electron chi connectivity index (χ1n) is 9.66. The van der Waals surface area contributed by atoms with Gasteiger partial charge in [-0.25, -0.2) is 9.78 Å². The summed E-state index contributed by atoms with van der Waals surface area (Å²) in [6.45, 7) is 4.16. The van der Waals surface area contributed by atoms with E-state index in [-0.39, 0.29) is 6.10 Å². The lowest BCUT2D eigenvalue weighted by atomic mass is 10.2. The number of carboxylic acid groups (broad SMARTS) is 1. The molecule has 0 aliphatic carbocycles. The minimum atomic E-state index is -5.08. The standard InChI is InChI=1S/C19H22N4O.C2HF3O2/c24-17-11-20-9-10-22(13-17)12-15-5-7-16(8-6-15)23-14-21-18-3-1-2-4-19(18)23;3-2(4,5)1(6)7/h1-8,14,17,20,24H,9-13H2;(H,6,7). The van der Waals surface area contributed by atoms with Crippen molar-refractivity contribution in [2.45, 2.75) is 18.8 Å². The fourth-order valence-electron chi connectivity index (χ4n) is 3.29. The molecule has 1 aliphatic rings. The minimum absolute atomic E-state index is 0.288. The van der Waals surface area contributed by atoms with Crippen molar-refractivity contribution in [3.8, 4) is 5.69 Å². The van der Waals surface area contributed by atoms with E-state index < -0.39 is 12.1 Å². The van der Waals surface area contributed by atoms with Gasteiger partial charge < -0.3 is 15.5 Å². The van der Waals surface area contributed by atoms with Crippen LogP contribution in [0.15, 0.2) is 54.9 Å². The minimum Gasteiger partial charge on any atom is -0.475 e. The van der Waals surface area contributed by atoms with Crippen LogP contribution >= 0.6 is 0 Å². The summed E-state index contributed by atoms with van der Waals surface area (Å²) < 4.78 is 33.8. The van der Waals surface area contributed by atoms with E-state index in [9.17, 15) is 18.3 Å². The Labute approximate surface area is 176 Å². The zero-order chi connectivity index (χ0) is 22.4. The number of β-amino-alcohol motifs (C(OH)–C–C–N with tert-alkyl or cyclic N) is 1. The van der Waals surface area contributed by atoms with Crippen molar-refractivity contribution < 1.29 is 28.2 Å². The number of benzene rings is 2. The van der Waals surface area contributed by atoms with Crippen molar-refractivity contribution in [2.75, 3.05) is 26.2 Å². The molecule has 166 valence electrons. The quantitative estimate of drug-likeness (QED) is 0.584. The van der Waals surface area contributed by atoms with Gasteiger partial charge in [0, 0.05) is 38.4 Å². The van der Waals surface area contributed by atoms with E-state index in [2.05, 4.69) is 50.1 Å². The van der Waals surface area contributed by atoms with Crippen LogP contribution in [0.2, 0.25) is 0 Å². The monoisotopic (exact) mass is 436 g/mol. The highest BCUT2D eigenvalue weighted by atomic mass is 19.4. The highest BCUT2D eigenvalue weighted by Crippen LogP contribution is 2.19. The van der Waals surface area contributed by atoms with Gasteiger partial charge in [0.1, 0.15) is 6.33 Å². The molecule has 0 spiro atoms. The van der Waals surface area contributed by atoms with E-state index in [1.165, 1.54) is 5.56 Å². The molecule has 31 heavy (non-hydrogen) atoms. The third kappa shape index (κ3) is 6.27. The first-order valence-corrected chi connectivity index (χ1v) is 9.66. The molecule has 3 aromatic rings. The molecule has 0 radical (unpaired) electrons. The molecule has 7 nitrogen and oxygen atoms in total. The van der Waals surface area contributed by atoms with Gasteiger partial charge in [0.25, 0.3) is 0 Å². The lowest BCUT2D eigenvalue weighted by Gasteiger charge is -2.21. The summed E-state index contributed by atoms with van der Waals surface area (Å²) in [5.74, 6) is -2.76. The first kappa shape index (κ1) is 22.7. The number of hydrogen-bond donors (Lipinski definition) is 3.